The predicted octanol–water partition coefficient (Wildman–Crippen LogP) is -0.0318. The summed E-state index contributed by atoms with van der Waals surface area (Å²) >= 11 is 0. The number of carbonyl (C=O) groups is 2. The lowest BCUT2D eigenvalue weighted by molar-refractivity contribution is -0.140. The van der Waals surface area contributed by atoms with E-state index in [9.17, 15) is 18.0 Å². The van der Waals surface area contributed by atoms with Gasteiger partial charge in [0.2, 0.25) is 10.0 Å². The number of ether oxygens (including phenoxy) is 1. The number of hydrogen-bond acceptors (Lipinski definition) is 5. The van der Waals surface area contributed by atoms with Crippen molar-refractivity contribution in [1.29, 1.82) is 0 Å². The van der Waals surface area contributed by atoms with Gasteiger partial charge < -0.3 is 9.84 Å². The second-order valence-electron chi connectivity index (χ2n) is 4.13. The van der Waals surface area contributed by atoms with Crippen molar-refractivity contribution in [3.05, 3.63) is 0 Å². The van der Waals surface area contributed by atoms with Crippen molar-refractivity contribution in [3.8, 4) is 0 Å². The Balaban J connectivity index is 4.61. The highest BCUT2D eigenvalue weighted by Crippen LogP contribution is 2.08. The second kappa shape index (κ2) is 7.32. The van der Waals surface area contributed by atoms with E-state index in [1.54, 1.807) is 20.8 Å². The van der Waals surface area contributed by atoms with Gasteiger partial charge in [0.1, 0.15) is 0 Å². The SMILES string of the molecule is CCOC(=O)CS(=O)(=O)NC(CC(=O)O)C(C)C. The number of carboxylic acid groups (broad SMARTS) is 1. The molecular weight excluding hydrogens is 262 g/mol. The summed E-state index contributed by atoms with van der Waals surface area (Å²) in [6.45, 7) is 5.05. The zero-order valence-electron chi connectivity index (χ0n) is 10.7. The van der Waals surface area contributed by atoms with Crippen LogP contribution >= 0.6 is 0 Å². The van der Waals surface area contributed by atoms with Crippen molar-refractivity contribution >= 4 is 22.0 Å². The summed E-state index contributed by atoms with van der Waals surface area (Å²) in [5.74, 6) is -2.96. The number of esters is 1. The van der Waals surface area contributed by atoms with E-state index >= 15 is 0 Å². The molecule has 2 N–H and O–H groups in total. The van der Waals surface area contributed by atoms with Gasteiger partial charge in [0, 0.05) is 6.04 Å². The molecule has 0 fully saturated rings. The molecule has 1 unspecified atom stereocenters. The lowest BCUT2D eigenvalue weighted by atomic mass is 10.0. The van der Waals surface area contributed by atoms with E-state index in [1.165, 1.54) is 0 Å². The van der Waals surface area contributed by atoms with Crippen molar-refractivity contribution < 1.29 is 27.9 Å². The topological polar surface area (TPSA) is 110 Å². The highest BCUT2D eigenvalue weighted by Gasteiger charge is 2.25. The minimum atomic E-state index is -3.88. The minimum Gasteiger partial charge on any atom is -0.481 e. The Bertz CT molecular complexity index is 389. The van der Waals surface area contributed by atoms with Gasteiger partial charge in [0.25, 0.3) is 0 Å². The Labute approximate surface area is 107 Å². The van der Waals surface area contributed by atoms with Gasteiger partial charge in [-0.2, -0.15) is 0 Å². The van der Waals surface area contributed by atoms with Gasteiger partial charge in [-0.05, 0) is 12.8 Å². The Morgan fingerprint density at radius 2 is 1.89 bits per heavy atom. The molecule has 0 rings (SSSR count). The lowest BCUT2D eigenvalue weighted by Crippen LogP contribution is -2.42. The van der Waals surface area contributed by atoms with Crippen LogP contribution in [0.5, 0.6) is 0 Å². The quantitative estimate of drug-likeness (QED) is 0.604. The van der Waals surface area contributed by atoms with Crippen LogP contribution in [0.4, 0.5) is 0 Å². The lowest BCUT2D eigenvalue weighted by Gasteiger charge is -2.20. The summed E-state index contributed by atoms with van der Waals surface area (Å²) in [5.41, 5.74) is 0. The van der Waals surface area contributed by atoms with Gasteiger partial charge in [-0.25, -0.2) is 13.1 Å². The van der Waals surface area contributed by atoms with Crippen LogP contribution in [0.15, 0.2) is 0 Å². The van der Waals surface area contributed by atoms with E-state index in [2.05, 4.69) is 9.46 Å². The first-order valence-corrected chi connectivity index (χ1v) is 7.20. The summed E-state index contributed by atoms with van der Waals surface area (Å²) in [4.78, 5) is 21.7. The number of hydrogen-bond donors (Lipinski definition) is 2. The number of carboxylic acids is 1. The fourth-order valence-electron chi connectivity index (χ4n) is 1.23. The molecule has 0 aromatic heterocycles. The van der Waals surface area contributed by atoms with Gasteiger partial charge in [-0.15, -0.1) is 0 Å². The molecule has 18 heavy (non-hydrogen) atoms. The highest BCUT2D eigenvalue weighted by atomic mass is 32.2. The number of sulfonamides is 1. The maximum atomic E-state index is 11.6. The standard InChI is InChI=1S/C10H19NO6S/c1-4-17-10(14)6-18(15,16)11-8(7(2)3)5-9(12)13/h7-8,11H,4-6H2,1-3H3,(H,12,13). The fraction of sp³-hybridized carbons (Fsp3) is 0.800. The molecule has 0 saturated carbocycles. The van der Waals surface area contributed by atoms with Crippen LogP contribution in [0.3, 0.4) is 0 Å². The predicted molar refractivity (Wildman–Crippen MR) is 64.4 cm³/mol. The molecule has 0 aromatic carbocycles. The van der Waals surface area contributed by atoms with Crippen LogP contribution in [0.1, 0.15) is 27.2 Å². The third-order valence-corrected chi connectivity index (χ3v) is 3.42. The van der Waals surface area contributed by atoms with E-state index in [1.807, 2.05) is 0 Å². The zero-order valence-corrected chi connectivity index (χ0v) is 11.5. The van der Waals surface area contributed by atoms with Gasteiger partial charge in [-0.3, -0.25) is 9.59 Å². The molecule has 0 saturated heterocycles. The van der Waals surface area contributed by atoms with Crippen molar-refractivity contribution in [2.24, 2.45) is 5.92 Å². The molecular formula is C10H19NO6S. The number of nitrogens with one attached hydrogen (secondary N) is 1. The molecule has 0 radical (unpaired) electrons. The molecule has 0 amide bonds. The molecule has 8 heteroatoms. The van der Waals surface area contributed by atoms with Crippen LogP contribution in [-0.4, -0.2) is 43.9 Å². The van der Waals surface area contributed by atoms with Crippen molar-refractivity contribution in [3.63, 3.8) is 0 Å². The normalized spacial score (nSPS) is 13.3. The van der Waals surface area contributed by atoms with Crippen molar-refractivity contribution in [2.75, 3.05) is 12.4 Å². The molecule has 7 nitrogen and oxygen atoms in total. The van der Waals surface area contributed by atoms with Crippen molar-refractivity contribution in [2.45, 2.75) is 33.2 Å². The smallest absolute Gasteiger partial charge is 0.322 e. The third-order valence-electron chi connectivity index (χ3n) is 2.14. The maximum Gasteiger partial charge on any atom is 0.322 e. The van der Waals surface area contributed by atoms with Crippen LogP contribution < -0.4 is 4.72 Å². The first kappa shape index (κ1) is 16.9. The molecule has 0 heterocycles. The first-order chi connectivity index (χ1) is 8.18. The highest BCUT2D eigenvalue weighted by molar-refractivity contribution is 7.90. The fourth-order valence-corrected chi connectivity index (χ4v) is 2.53. The molecule has 106 valence electrons. The van der Waals surface area contributed by atoms with Gasteiger partial charge in [0.05, 0.1) is 13.0 Å². The molecule has 0 aliphatic heterocycles. The average molecular weight is 281 g/mol. The minimum absolute atomic E-state index is 0.0943. The van der Waals surface area contributed by atoms with Crippen molar-refractivity contribution in [1.82, 2.24) is 4.72 Å². The molecule has 0 aliphatic carbocycles. The second-order valence-corrected chi connectivity index (χ2v) is 5.88. The summed E-state index contributed by atoms with van der Waals surface area (Å²) in [6, 6.07) is -0.748. The van der Waals surface area contributed by atoms with Crippen LogP contribution in [-0.2, 0) is 24.3 Å². The van der Waals surface area contributed by atoms with Crippen LogP contribution in [0.25, 0.3) is 0 Å². The van der Waals surface area contributed by atoms with E-state index in [0.29, 0.717) is 0 Å². The summed E-state index contributed by atoms with van der Waals surface area (Å²) < 4.78 is 29.9. The zero-order chi connectivity index (χ0) is 14.3. The summed E-state index contributed by atoms with van der Waals surface area (Å²) in [7, 11) is -3.88. The maximum absolute atomic E-state index is 11.6. The third kappa shape index (κ3) is 7.23. The van der Waals surface area contributed by atoms with E-state index < -0.39 is 33.8 Å². The Hall–Kier alpha value is -1.15. The average Bonchev–Trinajstić information content (AvgIpc) is 2.14. The number of carbonyl (C=O) groups excluding carboxylic acids is 1. The summed E-state index contributed by atoms with van der Waals surface area (Å²) in [5, 5.41) is 8.67. The molecule has 0 bridgehead atoms. The number of rotatable bonds is 8. The van der Waals surface area contributed by atoms with Gasteiger partial charge in [0.15, 0.2) is 5.75 Å². The Morgan fingerprint density at radius 1 is 1.33 bits per heavy atom. The van der Waals surface area contributed by atoms with E-state index in [0.717, 1.165) is 0 Å². The molecule has 0 spiro atoms. The molecule has 0 aliphatic rings. The number of aliphatic carboxylic acids is 1. The molecule has 1 atom stereocenters. The van der Waals surface area contributed by atoms with Gasteiger partial charge in [-0.1, -0.05) is 13.8 Å². The van der Waals surface area contributed by atoms with E-state index in [4.69, 9.17) is 5.11 Å². The largest absolute Gasteiger partial charge is 0.481 e. The molecule has 0 aromatic rings. The van der Waals surface area contributed by atoms with E-state index in [-0.39, 0.29) is 18.9 Å². The monoisotopic (exact) mass is 281 g/mol. The Kier molecular flexibility index (Phi) is 6.85. The van der Waals surface area contributed by atoms with Crippen LogP contribution in [0, 0.1) is 5.92 Å². The first-order valence-electron chi connectivity index (χ1n) is 5.55. The van der Waals surface area contributed by atoms with Crippen LogP contribution in [0.2, 0.25) is 0 Å². The van der Waals surface area contributed by atoms with Gasteiger partial charge >= 0.3 is 11.9 Å². The summed E-state index contributed by atoms with van der Waals surface area (Å²) in [6.07, 6.45) is -0.334. The Morgan fingerprint density at radius 3 is 2.28 bits per heavy atom.